The SMILES string of the molecule is O=C(CNCC1CC1)NCCCC(=O)N1CCN(c2ccccc2)CC1. The summed E-state index contributed by atoms with van der Waals surface area (Å²) in [5.41, 5.74) is 1.22. The number of hydrogen-bond donors (Lipinski definition) is 2. The molecule has 6 nitrogen and oxygen atoms in total. The Morgan fingerprint density at radius 3 is 2.46 bits per heavy atom. The van der Waals surface area contributed by atoms with Crippen molar-refractivity contribution < 1.29 is 9.59 Å². The lowest BCUT2D eigenvalue weighted by atomic mass is 10.2. The molecule has 2 fully saturated rings. The Kier molecular flexibility index (Phi) is 6.89. The molecule has 0 atom stereocenters. The van der Waals surface area contributed by atoms with Gasteiger partial charge in [-0.3, -0.25) is 9.59 Å². The van der Waals surface area contributed by atoms with E-state index in [1.807, 2.05) is 23.1 Å². The van der Waals surface area contributed by atoms with E-state index in [2.05, 4.69) is 27.7 Å². The minimum atomic E-state index is 0.0228. The molecule has 1 saturated carbocycles. The molecular formula is C20H30N4O2. The summed E-state index contributed by atoms with van der Waals surface area (Å²) in [6.45, 7) is 5.18. The second kappa shape index (κ2) is 9.57. The molecule has 0 bridgehead atoms. The molecule has 1 aliphatic carbocycles. The summed E-state index contributed by atoms with van der Waals surface area (Å²) in [5, 5.41) is 6.06. The van der Waals surface area contributed by atoms with Crippen molar-refractivity contribution in [2.45, 2.75) is 25.7 Å². The lowest BCUT2D eigenvalue weighted by molar-refractivity contribution is -0.131. The lowest BCUT2D eigenvalue weighted by Gasteiger charge is -2.36. The van der Waals surface area contributed by atoms with Crippen LogP contribution in [0.4, 0.5) is 5.69 Å². The molecule has 1 aromatic rings. The molecule has 0 unspecified atom stereocenters. The van der Waals surface area contributed by atoms with Crippen LogP contribution in [0, 0.1) is 5.92 Å². The number of benzene rings is 1. The summed E-state index contributed by atoms with van der Waals surface area (Å²) in [6.07, 6.45) is 3.78. The van der Waals surface area contributed by atoms with Crippen LogP contribution in [-0.4, -0.2) is 62.5 Å². The molecule has 2 amide bonds. The first-order chi connectivity index (χ1) is 12.7. The van der Waals surface area contributed by atoms with Gasteiger partial charge < -0.3 is 20.4 Å². The molecule has 1 aliphatic heterocycles. The lowest BCUT2D eigenvalue weighted by Crippen LogP contribution is -2.48. The second-order valence-corrected chi connectivity index (χ2v) is 7.23. The molecule has 0 radical (unpaired) electrons. The summed E-state index contributed by atoms with van der Waals surface area (Å²) in [6, 6.07) is 10.3. The van der Waals surface area contributed by atoms with Gasteiger partial charge in [0.05, 0.1) is 6.54 Å². The van der Waals surface area contributed by atoms with Gasteiger partial charge in [0.25, 0.3) is 0 Å². The quantitative estimate of drug-likeness (QED) is 0.652. The molecule has 26 heavy (non-hydrogen) atoms. The third kappa shape index (κ3) is 6.02. The molecule has 0 aromatic heterocycles. The maximum atomic E-state index is 12.3. The molecule has 2 aliphatic rings. The topological polar surface area (TPSA) is 64.7 Å². The van der Waals surface area contributed by atoms with E-state index in [4.69, 9.17) is 0 Å². The number of nitrogens with one attached hydrogen (secondary N) is 2. The van der Waals surface area contributed by atoms with Crippen LogP contribution >= 0.6 is 0 Å². The van der Waals surface area contributed by atoms with E-state index >= 15 is 0 Å². The maximum absolute atomic E-state index is 12.3. The highest BCUT2D eigenvalue weighted by molar-refractivity contribution is 5.78. The number of piperazine rings is 1. The van der Waals surface area contributed by atoms with Crippen LogP contribution in [-0.2, 0) is 9.59 Å². The van der Waals surface area contributed by atoms with Gasteiger partial charge in [-0.1, -0.05) is 18.2 Å². The summed E-state index contributed by atoms with van der Waals surface area (Å²) >= 11 is 0. The van der Waals surface area contributed by atoms with Crippen molar-refractivity contribution >= 4 is 17.5 Å². The number of carbonyl (C=O) groups excluding carboxylic acids is 2. The molecule has 2 N–H and O–H groups in total. The molecule has 142 valence electrons. The second-order valence-electron chi connectivity index (χ2n) is 7.23. The largest absolute Gasteiger partial charge is 0.368 e. The van der Waals surface area contributed by atoms with Gasteiger partial charge in [0.1, 0.15) is 0 Å². The Morgan fingerprint density at radius 1 is 1.04 bits per heavy atom. The predicted octanol–water partition coefficient (Wildman–Crippen LogP) is 1.23. The van der Waals surface area contributed by atoms with Crippen LogP contribution in [0.5, 0.6) is 0 Å². The van der Waals surface area contributed by atoms with E-state index < -0.39 is 0 Å². The van der Waals surface area contributed by atoms with Gasteiger partial charge >= 0.3 is 0 Å². The number of para-hydroxylation sites is 1. The smallest absolute Gasteiger partial charge is 0.233 e. The summed E-state index contributed by atoms with van der Waals surface area (Å²) in [7, 11) is 0. The fraction of sp³-hybridized carbons (Fsp3) is 0.600. The van der Waals surface area contributed by atoms with Crippen molar-refractivity contribution in [2.24, 2.45) is 5.92 Å². The number of carbonyl (C=O) groups is 2. The highest BCUT2D eigenvalue weighted by atomic mass is 16.2. The monoisotopic (exact) mass is 358 g/mol. The minimum absolute atomic E-state index is 0.0228. The highest BCUT2D eigenvalue weighted by Crippen LogP contribution is 2.27. The minimum Gasteiger partial charge on any atom is -0.368 e. The van der Waals surface area contributed by atoms with Crippen LogP contribution in [0.15, 0.2) is 30.3 Å². The average Bonchev–Trinajstić information content (AvgIpc) is 3.50. The Morgan fingerprint density at radius 2 is 1.77 bits per heavy atom. The Balaban J connectivity index is 1.25. The molecule has 0 spiro atoms. The van der Waals surface area contributed by atoms with Crippen molar-refractivity contribution in [1.29, 1.82) is 0 Å². The molecule has 1 saturated heterocycles. The predicted molar refractivity (Wildman–Crippen MR) is 103 cm³/mol. The zero-order valence-electron chi connectivity index (χ0n) is 15.5. The first-order valence-electron chi connectivity index (χ1n) is 9.77. The highest BCUT2D eigenvalue weighted by Gasteiger charge is 2.21. The van der Waals surface area contributed by atoms with Crippen molar-refractivity contribution in [3.05, 3.63) is 30.3 Å². The van der Waals surface area contributed by atoms with Gasteiger partial charge in [0, 0.05) is 44.8 Å². The van der Waals surface area contributed by atoms with E-state index in [1.165, 1.54) is 18.5 Å². The fourth-order valence-corrected chi connectivity index (χ4v) is 3.25. The van der Waals surface area contributed by atoms with Gasteiger partial charge in [-0.2, -0.15) is 0 Å². The van der Waals surface area contributed by atoms with Crippen LogP contribution in [0.3, 0.4) is 0 Å². The molecule has 1 heterocycles. The standard InChI is InChI=1S/C20H30N4O2/c25-19(16-21-15-17-8-9-17)22-10-4-7-20(26)24-13-11-23(12-14-24)18-5-2-1-3-6-18/h1-3,5-6,17,21H,4,7-16H2,(H,22,25). The maximum Gasteiger partial charge on any atom is 0.233 e. The van der Waals surface area contributed by atoms with Crippen LogP contribution in [0.1, 0.15) is 25.7 Å². The first-order valence-corrected chi connectivity index (χ1v) is 9.77. The van der Waals surface area contributed by atoms with Crippen LogP contribution < -0.4 is 15.5 Å². The fourth-order valence-electron chi connectivity index (χ4n) is 3.25. The first kappa shape index (κ1) is 18.7. The van der Waals surface area contributed by atoms with Gasteiger partial charge in [-0.05, 0) is 43.9 Å². The number of nitrogens with zero attached hydrogens (tertiary/aromatic N) is 2. The van der Waals surface area contributed by atoms with Crippen LogP contribution in [0.2, 0.25) is 0 Å². The summed E-state index contributed by atoms with van der Waals surface area (Å²) in [4.78, 5) is 28.3. The Bertz CT molecular complexity index is 581. The Hall–Kier alpha value is -2.08. The van der Waals surface area contributed by atoms with E-state index in [0.717, 1.165) is 38.6 Å². The number of rotatable bonds is 9. The van der Waals surface area contributed by atoms with Gasteiger partial charge in [0.15, 0.2) is 0 Å². The number of anilines is 1. The van der Waals surface area contributed by atoms with Gasteiger partial charge in [0.2, 0.25) is 11.8 Å². The molecular weight excluding hydrogens is 328 g/mol. The van der Waals surface area contributed by atoms with E-state index in [1.54, 1.807) is 0 Å². The van der Waals surface area contributed by atoms with E-state index in [-0.39, 0.29) is 11.8 Å². The average molecular weight is 358 g/mol. The van der Waals surface area contributed by atoms with Crippen LogP contribution in [0.25, 0.3) is 0 Å². The molecule has 1 aromatic carbocycles. The third-order valence-electron chi connectivity index (χ3n) is 5.06. The normalized spacial score (nSPS) is 17.2. The van der Waals surface area contributed by atoms with Gasteiger partial charge in [-0.15, -0.1) is 0 Å². The Labute approximate surface area is 155 Å². The van der Waals surface area contributed by atoms with E-state index in [0.29, 0.717) is 25.9 Å². The zero-order valence-corrected chi connectivity index (χ0v) is 15.5. The number of hydrogen-bond acceptors (Lipinski definition) is 4. The van der Waals surface area contributed by atoms with Crippen molar-refractivity contribution in [1.82, 2.24) is 15.5 Å². The number of amides is 2. The summed E-state index contributed by atoms with van der Waals surface area (Å²) < 4.78 is 0. The van der Waals surface area contributed by atoms with Crippen molar-refractivity contribution in [3.63, 3.8) is 0 Å². The van der Waals surface area contributed by atoms with Crippen molar-refractivity contribution in [2.75, 3.05) is 50.7 Å². The molecule has 3 rings (SSSR count). The zero-order chi connectivity index (χ0) is 18.2. The summed E-state index contributed by atoms with van der Waals surface area (Å²) in [5.74, 6) is 0.996. The van der Waals surface area contributed by atoms with Crippen molar-refractivity contribution in [3.8, 4) is 0 Å². The third-order valence-corrected chi connectivity index (χ3v) is 5.06. The molecule has 6 heteroatoms. The van der Waals surface area contributed by atoms with Gasteiger partial charge in [-0.25, -0.2) is 0 Å². The van der Waals surface area contributed by atoms with E-state index in [9.17, 15) is 9.59 Å².